The highest BCUT2D eigenvalue weighted by molar-refractivity contribution is 7.92. The predicted octanol–water partition coefficient (Wildman–Crippen LogP) is 4.92. The summed E-state index contributed by atoms with van der Waals surface area (Å²) in [6, 6.07) is 19.8. The smallest absolute Gasteiger partial charge is 0.255 e. The highest BCUT2D eigenvalue weighted by Gasteiger charge is 2.21. The molecule has 0 saturated heterocycles. The first-order valence-electron chi connectivity index (χ1n) is 10.4. The van der Waals surface area contributed by atoms with Gasteiger partial charge in [-0.15, -0.1) is 0 Å². The molecule has 0 radical (unpaired) electrons. The highest BCUT2D eigenvalue weighted by Crippen LogP contribution is 2.31. The molecule has 3 aromatic rings. The third kappa shape index (κ3) is 5.88. The van der Waals surface area contributed by atoms with E-state index in [0.29, 0.717) is 23.6 Å². The summed E-state index contributed by atoms with van der Waals surface area (Å²) in [5, 5.41) is 2.91. The van der Waals surface area contributed by atoms with Crippen LogP contribution in [0.15, 0.2) is 66.7 Å². The summed E-state index contributed by atoms with van der Waals surface area (Å²) in [6.45, 7) is 6.37. The van der Waals surface area contributed by atoms with Crippen LogP contribution in [-0.2, 0) is 16.6 Å². The van der Waals surface area contributed by atoms with E-state index >= 15 is 0 Å². The molecule has 7 heteroatoms. The molecule has 0 aliphatic rings. The topological polar surface area (TPSA) is 75.7 Å². The average Bonchev–Trinajstić information content (AvgIpc) is 2.72. The standard InChI is InChI=1S/C25H28N2O4S/c1-5-31-24-9-7-6-8-23(24)27(32(4,29)30)17-20-10-12-21(13-11-20)25(28)26-22-15-18(2)14-19(3)16-22/h6-16H,5,17H2,1-4H3,(H,26,28). The average molecular weight is 453 g/mol. The van der Waals surface area contributed by atoms with Crippen molar-refractivity contribution in [2.45, 2.75) is 27.3 Å². The number of hydrogen-bond acceptors (Lipinski definition) is 4. The zero-order chi connectivity index (χ0) is 23.3. The Hall–Kier alpha value is -3.32. The second-order valence-corrected chi connectivity index (χ2v) is 9.60. The summed E-state index contributed by atoms with van der Waals surface area (Å²) < 4.78 is 32.0. The Balaban J connectivity index is 1.80. The molecule has 1 N–H and O–H groups in total. The van der Waals surface area contributed by atoms with Gasteiger partial charge in [-0.25, -0.2) is 8.42 Å². The van der Waals surface area contributed by atoms with Gasteiger partial charge in [0.05, 0.1) is 25.1 Å². The molecule has 168 valence electrons. The van der Waals surface area contributed by atoms with Crippen LogP contribution in [0.5, 0.6) is 5.75 Å². The minimum atomic E-state index is -3.56. The lowest BCUT2D eigenvalue weighted by Gasteiger charge is -2.24. The number of amides is 1. The number of carbonyl (C=O) groups excluding carboxylic acids is 1. The summed E-state index contributed by atoms with van der Waals surface area (Å²) in [5.74, 6) is 0.285. The fraction of sp³-hybridized carbons (Fsp3) is 0.240. The molecule has 0 heterocycles. The number of nitrogens with one attached hydrogen (secondary N) is 1. The van der Waals surface area contributed by atoms with Crippen molar-refractivity contribution in [1.29, 1.82) is 0 Å². The maximum absolute atomic E-state index is 12.6. The summed E-state index contributed by atoms with van der Waals surface area (Å²) in [7, 11) is -3.56. The van der Waals surface area contributed by atoms with Gasteiger partial charge in [-0.3, -0.25) is 9.10 Å². The number of para-hydroxylation sites is 2. The number of sulfonamides is 1. The van der Waals surface area contributed by atoms with Crippen LogP contribution >= 0.6 is 0 Å². The molecule has 3 rings (SSSR count). The quantitative estimate of drug-likeness (QED) is 0.526. The van der Waals surface area contributed by atoms with Gasteiger partial charge in [0.1, 0.15) is 5.75 Å². The lowest BCUT2D eigenvalue weighted by Crippen LogP contribution is -2.29. The fourth-order valence-electron chi connectivity index (χ4n) is 3.50. The monoisotopic (exact) mass is 452 g/mol. The minimum Gasteiger partial charge on any atom is -0.492 e. The van der Waals surface area contributed by atoms with Crippen molar-refractivity contribution >= 4 is 27.3 Å². The van der Waals surface area contributed by atoms with E-state index in [0.717, 1.165) is 22.4 Å². The van der Waals surface area contributed by atoms with Crippen molar-refractivity contribution in [3.05, 3.63) is 89.0 Å². The fourth-order valence-corrected chi connectivity index (χ4v) is 4.39. The van der Waals surface area contributed by atoms with Gasteiger partial charge in [-0.05, 0) is 73.9 Å². The number of ether oxygens (including phenoxy) is 1. The van der Waals surface area contributed by atoms with Crippen molar-refractivity contribution < 1.29 is 17.9 Å². The number of anilines is 2. The molecule has 0 aliphatic heterocycles. The zero-order valence-electron chi connectivity index (χ0n) is 18.8. The SMILES string of the molecule is CCOc1ccccc1N(Cc1ccc(C(=O)Nc2cc(C)cc(C)c2)cc1)S(C)(=O)=O. The normalized spacial score (nSPS) is 11.1. The molecule has 3 aromatic carbocycles. The number of aryl methyl sites for hydroxylation is 2. The Kier molecular flexibility index (Phi) is 7.20. The lowest BCUT2D eigenvalue weighted by atomic mass is 10.1. The van der Waals surface area contributed by atoms with Crippen LogP contribution < -0.4 is 14.4 Å². The Bertz CT molecular complexity index is 1180. The molecule has 1 amide bonds. The van der Waals surface area contributed by atoms with Crippen LogP contribution in [0.1, 0.15) is 34.0 Å². The van der Waals surface area contributed by atoms with E-state index in [1.807, 2.05) is 39.0 Å². The van der Waals surface area contributed by atoms with Gasteiger partial charge in [0.15, 0.2) is 0 Å². The van der Waals surface area contributed by atoms with E-state index in [2.05, 4.69) is 5.32 Å². The van der Waals surface area contributed by atoms with E-state index in [4.69, 9.17) is 4.74 Å². The van der Waals surface area contributed by atoms with Crippen LogP contribution in [0.25, 0.3) is 0 Å². The van der Waals surface area contributed by atoms with Gasteiger partial charge in [0, 0.05) is 11.3 Å². The number of hydrogen-bond donors (Lipinski definition) is 1. The van der Waals surface area contributed by atoms with Gasteiger partial charge in [0.25, 0.3) is 5.91 Å². The van der Waals surface area contributed by atoms with E-state index < -0.39 is 10.0 Å². The minimum absolute atomic E-state index is 0.127. The van der Waals surface area contributed by atoms with E-state index in [1.165, 1.54) is 10.6 Å². The Morgan fingerprint density at radius 3 is 2.19 bits per heavy atom. The maximum atomic E-state index is 12.6. The van der Waals surface area contributed by atoms with Gasteiger partial charge in [0.2, 0.25) is 10.0 Å². The molecule has 0 unspecified atom stereocenters. The first-order chi connectivity index (χ1) is 15.2. The molecular formula is C25H28N2O4S. The van der Waals surface area contributed by atoms with E-state index in [1.54, 1.807) is 48.5 Å². The molecule has 6 nitrogen and oxygen atoms in total. The van der Waals surface area contributed by atoms with Crippen molar-refractivity contribution in [3.8, 4) is 5.75 Å². The molecular weight excluding hydrogens is 424 g/mol. The molecule has 0 atom stereocenters. The van der Waals surface area contributed by atoms with Crippen LogP contribution in [0.2, 0.25) is 0 Å². The molecule has 0 bridgehead atoms. The van der Waals surface area contributed by atoms with Crippen molar-refractivity contribution in [3.63, 3.8) is 0 Å². The van der Waals surface area contributed by atoms with Crippen molar-refractivity contribution in [2.75, 3.05) is 22.5 Å². The van der Waals surface area contributed by atoms with Gasteiger partial charge < -0.3 is 10.1 Å². The van der Waals surface area contributed by atoms with Crippen LogP contribution in [0.3, 0.4) is 0 Å². The summed E-state index contributed by atoms with van der Waals surface area (Å²) in [6.07, 6.45) is 1.17. The number of carbonyl (C=O) groups is 1. The molecule has 32 heavy (non-hydrogen) atoms. The Labute approximate surface area is 189 Å². The van der Waals surface area contributed by atoms with E-state index in [-0.39, 0.29) is 12.5 Å². The van der Waals surface area contributed by atoms with Crippen LogP contribution in [0, 0.1) is 13.8 Å². The van der Waals surface area contributed by atoms with Gasteiger partial charge in [-0.2, -0.15) is 0 Å². The van der Waals surface area contributed by atoms with Gasteiger partial charge in [-0.1, -0.05) is 30.3 Å². The molecule has 0 fully saturated rings. The maximum Gasteiger partial charge on any atom is 0.255 e. The number of rotatable bonds is 8. The number of nitrogens with zero attached hydrogens (tertiary/aromatic N) is 1. The molecule has 0 aliphatic carbocycles. The van der Waals surface area contributed by atoms with Crippen molar-refractivity contribution in [2.24, 2.45) is 0 Å². The van der Waals surface area contributed by atoms with E-state index in [9.17, 15) is 13.2 Å². The van der Waals surface area contributed by atoms with Gasteiger partial charge >= 0.3 is 0 Å². The Morgan fingerprint density at radius 1 is 0.969 bits per heavy atom. The molecule has 0 spiro atoms. The first kappa shape index (κ1) is 23.3. The summed E-state index contributed by atoms with van der Waals surface area (Å²) in [5.41, 5.74) is 4.62. The molecule has 0 saturated carbocycles. The van der Waals surface area contributed by atoms with Crippen LogP contribution in [-0.4, -0.2) is 27.2 Å². The second kappa shape index (κ2) is 9.87. The largest absolute Gasteiger partial charge is 0.492 e. The Morgan fingerprint density at radius 2 is 1.59 bits per heavy atom. The lowest BCUT2D eigenvalue weighted by molar-refractivity contribution is 0.102. The summed E-state index contributed by atoms with van der Waals surface area (Å²) in [4.78, 5) is 12.6. The highest BCUT2D eigenvalue weighted by atomic mass is 32.2. The molecule has 0 aromatic heterocycles. The zero-order valence-corrected chi connectivity index (χ0v) is 19.6. The van der Waals surface area contributed by atoms with Crippen molar-refractivity contribution in [1.82, 2.24) is 0 Å². The second-order valence-electron chi connectivity index (χ2n) is 7.70. The third-order valence-electron chi connectivity index (χ3n) is 4.86. The first-order valence-corrected chi connectivity index (χ1v) is 12.2. The summed E-state index contributed by atoms with van der Waals surface area (Å²) >= 11 is 0. The third-order valence-corrected chi connectivity index (χ3v) is 5.98. The number of benzene rings is 3. The van der Waals surface area contributed by atoms with Crippen LogP contribution in [0.4, 0.5) is 11.4 Å². The predicted molar refractivity (Wildman–Crippen MR) is 129 cm³/mol.